The highest BCUT2D eigenvalue weighted by atomic mass is 16.6. The van der Waals surface area contributed by atoms with E-state index in [1.165, 1.54) is 83.5 Å². The van der Waals surface area contributed by atoms with Crippen LogP contribution in [0.5, 0.6) is 0 Å². The molecule has 0 fully saturated rings. The summed E-state index contributed by atoms with van der Waals surface area (Å²) in [6.45, 7) is 4.52. The summed E-state index contributed by atoms with van der Waals surface area (Å²) in [5.41, 5.74) is 0. The molecule has 1 N–H and O–H groups in total. The number of likely N-dealkylation sites (N-methyl/N-ethyl adjacent to an activating group) is 1. The number of nitrogens with zero attached hydrogens (tertiary/aromatic N) is 1. The number of esters is 2. The highest BCUT2D eigenvalue weighted by Crippen LogP contribution is 2.15. The first-order chi connectivity index (χ1) is 28.6. The third-order valence-corrected chi connectivity index (χ3v) is 10.4. The molecule has 8 heteroatoms. The number of quaternary nitrogens is 1. The van der Waals surface area contributed by atoms with E-state index in [0.717, 1.165) is 77.0 Å². The van der Waals surface area contributed by atoms with E-state index >= 15 is 0 Å². The summed E-state index contributed by atoms with van der Waals surface area (Å²) >= 11 is 0. The second-order valence-corrected chi connectivity index (χ2v) is 17.0. The van der Waals surface area contributed by atoms with E-state index in [-0.39, 0.29) is 36.2 Å². The third-order valence-electron chi connectivity index (χ3n) is 10.4. The van der Waals surface area contributed by atoms with Crippen molar-refractivity contribution in [2.45, 2.75) is 206 Å². The van der Waals surface area contributed by atoms with Gasteiger partial charge in [0.15, 0.2) is 12.1 Å². The van der Waals surface area contributed by atoms with Gasteiger partial charge < -0.3 is 23.8 Å². The molecule has 0 amide bonds. The molecule has 0 aliphatic heterocycles. The molecule has 340 valence electrons. The molecule has 0 aliphatic carbocycles. The van der Waals surface area contributed by atoms with Crippen molar-refractivity contribution in [2.75, 3.05) is 41.0 Å². The van der Waals surface area contributed by atoms with Crippen LogP contribution in [0.4, 0.5) is 0 Å². The number of allylic oxidation sites excluding steroid dienone is 10. The predicted octanol–water partition coefficient (Wildman–Crippen LogP) is 13.4. The van der Waals surface area contributed by atoms with Crippen LogP contribution in [0.1, 0.15) is 194 Å². The number of carbonyl (C=O) groups is 3. The van der Waals surface area contributed by atoms with Gasteiger partial charge in [0.1, 0.15) is 6.61 Å². The van der Waals surface area contributed by atoms with Gasteiger partial charge in [-0.1, -0.05) is 164 Å². The predicted molar refractivity (Wildman–Crippen MR) is 247 cm³/mol. The van der Waals surface area contributed by atoms with Gasteiger partial charge in [-0.25, -0.2) is 4.79 Å². The number of carboxylic acid groups (broad SMARTS) is 1. The minimum Gasteiger partial charge on any atom is -0.477 e. The fraction of sp³-hybridized carbons (Fsp3) is 0.745. The maximum Gasteiger partial charge on any atom is 0.362 e. The molecule has 0 heterocycles. The van der Waals surface area contributed by atoms with Crippen LogP contribution >= 0.6 is 0 Å². The average Bonchev–Trinajstić information content (AvgIpc) is 3.19. The second-order valence-electron chi connectivity index (χ2n) is 17.0. The number of rotatable bonds is 42. The summed E-state index contributed by atoms with van der Waals surface area (Å²) in [6, 6.07) is -0.618. The van der Waals surface area contributed by atoms with Crippen molar-refractivity contribution >= 4 is 17.9 Å². The van der Waals surface area contributed by atoms with E-state index < -0.39 is 18.1 Å². The Morgan fingerprint density at radius 1 is 0.508 bits per heavy atom. The van der Waals surface area contributed by atoms with E-state index in [4.69, 9.17) is 14.2 Å². The van der Waals surface area contributed by atoms with E-state index in [1.54, 1.807) is 0 Å². The molecule has 0 bridgehead atoms. The van der Waals surface area contributed by atoms with Gasteiger partial charge in [-0.3, -0.25) is 9.59 Å². The van der Waals surface area contributed by atoms with Crippen LogP contribution in [0, 0.1) is 0 Å². The number of hydrogen-bond donors (Lipinski definition) is 1. The van der Waals surface area contributed by atoms with Gasteiger partial charge in [-0.2, -0.15) is 0 Å². The van der Waals surface area contributed by atoms with Gasteiger partial charge in [-0.15, -0.1) is 0 Å². The Morgan fingerprint density at radius 3 is 1.32 bits per heavy atom. The topological polar surface area (TPSA) is 99.1 Å². The molecule has 0 radical (unpaired) electrons. The number of unbranched alkanes of at least 4 members (excludes halogenated alkanes) is 18. The van der Waals surface area contributed by atoms with Gasteiger partial charge in [0.05, 0.1) is 34.4 Å². The summed E-state index contributed by atoms with van der Waals surface area (Å²) in [5.74, 6) is -1.48. The molecule has 2 atom stereocenters. The van der Waals surface area contributed by atoms with Crippen LogP contribution < -0.4 is 0 Å². The zero-order valence-electron chi connectivity index (χ0n) is 38.7. The fourth-order valence-electron chi connectivity index (χ4n) is 6.79. The van der Waals surface area contributed by atoms with Gasteiger partial charge in [0, 0.05) is 19.3 Å². The molecular weight excluding hydrogens is 739 g/mol. The molecule has 0 aromatic rings. The lowest BCUT2D eigenvalue weighted by Crippen LogP contribution is -2.50. The summed E-state index contributed by atoms with van der Waals surface area (Å²) in [7, 11) is 5.52. The molecule has 0 saturated carbocycles. The van der Waals surface area contributed by atoms with Crippen LogP contribution in [0.3, 0.4) is 0 Å². The lowest BCUT2D eigenvalue weighted by Gasteiger charge is -2.31. The highest BCUT2D eigenvalue weighted by Gasteiger charge is 2.31. The van der Waals surface area contributed by atoms with Crippen molar-refractivity contribution in [2.24, 2.45) is 0 Å². The molecule has 59 heavy (non-hydrogen) atoms. The zero-order chi connectivity index (χ0) is 43.5. The van der Waals surface area contributed by atoms with E-state index in [0.29, 0.717) is 19.3 Å². The number of ether oxygens (including phenoxy) is 3. The first-order valence-corrected chi connectivity index (χ1v) is 23.8. The third kappa shape index (κ3) is 40.2. The number of hydrogen-bond acceptors (Lipinski definition) is 6. The maximum atomic E-state index is 12.7. The van der Waals surface area contributed by atoms with Crippen molar-refractivity contribution < 1.29 is 38.2 Å². The quantitative estimate of drug-likeness (QED) is 0.0283. The van der Waals surface area contributed by atoms with Crippen LogP contribution in [-0.4, -0.2) is 80.6 Å². The van der Waals surface area contributed by atoms with Gasteiger partial charge in [-0.05, 0) is 70.6 Å². The van der Waals surface area contributed by atoms with Crippen LogP contribution in [0.15, 0.2) is 60.8 Å². The second kappa shape index (κ2) is 41.8. The van der Waals surface area contributed by atoms with Gasteiger partial charge in [0.25, 0.3) is 0 Å². The molecule has 0 aromatic heterocycles. The maximum absolute atomic E-state index is 12.7. The Balaban J connectivity index is 4.25. The monoisotopic (exact) mass is 829 g/mol. The molecule has 0 spiro atoms. The van der Waals surface area contributed by atoms with E-state index in [1.807, 2.05) is 21.1 Å². The smallest absolute Gasteiger partial charge is 0.362 e. The first-order valence-electron chi connectivity index (χ1n) is 23.8. The number of carboxylic acids is 1. The molecule has 8 nitrogen and oxygen atoms in total. The van der Waals surface area contributed by atoms with Crippen molar-refractivity contribution in [3.63, 3.8) is 0 Å². The van der Waals surface area contributed by atoms with Gasteiger partial charge in [0.2, 0.25) is 0 Å². The van der Waals surface area contributed by atoms with Crippen LogP contribution in [0.2, 0.25) is 0 Å². The summed E-state index contributed by atoms with van der Waals surface area (Å²) < 4.78 is 17.3. The molecule has 2 unspecified atom stereocenters. The Morgan fingerprint density at radius 2 is 0.898 bits per heavy atom. The van der Waals surface area contributed by atoms with Crippen LogP contribution in [-0.2, 0) is 28.6 Å². The van der Waals surface area contributed by atoms with Gasteiger partial charge >= 0.3 is 17.9 Å². The Kier molecular flexibility index (Phi) is 39.6. The van der Waals surface area contributed by atoms with Crippen molar-refractivity contribution in [3.8, 4) is 0 Å². The first kappa shape index (κ1) is 56.0. The highest BCUT2D eigenvalue weighted by molar-refractivity contribution is 5.72. The Hall–Kier alpha value is -2.97. The van der Waals surface area contributed by atoms with Crippen molar-refractivity contribution in [1.29, 1.82) is 0 Å². The summed E-state index contributed by atoms with van der Waals surface area (Å²) in [5, 5.41) is 9.63. The van der Waals surface area contributed by atoms with E-state index in [2.05, 4.69) is 74.6 Å². The van der Waals surface area contributed by atoms with Crippen LogP contribution in [0.25, 0.3) is 0 Å². The van der Waals surface area contributed by atoms with E-state index in [9.17, 15) is 19.5 Å². The molecule has 0 rings (SSSR count). The summed E-state index contributed by atoms with van der Waals surface area (Å²) in [4.78, 5) is 37.1. The normalized spacial score (nSPS) is 13.4. The Bertz CT molecular complexity index is 1150. The van der Waals surface area contributed by atoms with Crippen molar-refractivity contribution in [1.82, 2.24) is 0 Å². The average molecular weight is 829 g/mol. The standard InChI is InChI=1S/C51H89NO7/c1-6-8-10-12-14-16-18-20-22-23-24-25-26-27-28-30-31-33-35-37-39-41-49(53)58-46-47(45-57-44-43-48(51(55)56)52(3,4)5)59-50(54)42-40-38-36-34-32-29-21-19-17-15-13-11-9-7-2/h8-11,14-17,20,22,47-48H,6-7,12-13,18-19,21,23-46H2,1-5H3/p+1/b10-8+,11-9+,16-14+,17-15+,22-20+. The SMILES string of the molecule is CC/C=C/C/C=C/C/C=C/CCCCCCCCCCCCCC(=O)OCC(COCCC(C(=O)O)[N+](C)(C)C)OC(=O)CCCCCCCCC/C=C/C/C=C/CC. The van der Waals surface area contributed by atoms with Crippen molar-refractivity contribution in [3.05, 3.63) is 60.8 Å². The Labute approximate surface area is 362 Å². The molecule has 0 aromatic carbocycles. The number of aliphatic carboxylic acids is 1. The largest absolute Gasteiger partial charge is 0.477 e. The molecule has 0 aliphatic rings. The fourth-order valence-corrected chi connectivity index (χ4v) is 6.79. The lowest BCUT2D eigenvalue weighted by molar-refractivity contribution is -0.887. The zero-order valence-corrected chi connectivity index (χ0v) is 38.7. The minimum atomic E-state index is -0.878. The summed E-state index contributed by atoms with van der Waals surface area (Å²) in [6.07, 6.45) is 51.2. The molecular formula is C51H90NO7+. The molecule has 0 saturated heterocycles. The minimum absolute atomic E-state index is 0.0558. The lowest BCUT2D eigenvalue weighted by atomic mass is 10.0. The number of carbonyl (C=O) groups excluding carboxylic acids is 2.